The van der Waals surface area contributed by atoms with E-state index < -0.39 is 0 Å². The molecule has 0 spiro atoms. The van der Waals surface area contributed by atoms with E-state index in [1.54, 1.807) is 0 Å². The van der Waals surface area contributed by atoms with Crippen LogP contribution in [0.15, 0.2) is 6.20 Å². The van der Waals surface area contributed by atoms with Gasteiger partial charge in [-0.1, -0.05) is 38.8 Å². The van der Waals surface area contributed by atoms with Gasteiger partial charge in [-0.15, -0.1) is 5.10 Å². The van der Waals surface area contributed by atoms with Gasteiger partial charge in [0.05, 0.1) is 12.2 Å². The summed E-state index contributed by atoms with van der Waals surface area (Å²) >= 11 is 0. The lowest BCUT2D eigenvalue weighted by atomic mass is 9.94. The van der Waals surface area contributed by atoms with E-state index >= 15 is 0 Å². The summed E-state index contributed by atoms with van der Waals surface area (Å²) in [5, 5.41) is 11.4. The minimum atomic E-state index is -0.0736. The minimum Gasteiger partial charge on any atom is -0.348 e. The Hall–Kier alpha value is -1.43. The number of hydrogen-bond donors (Lipinski definition) is 1. The van der Waals surface area contributed by atoms with Crippen LogP contribution in [-0.2, 0) is 0 Å². The van der Waals surface area contributed by atoms with Gasteiger partial charge in [0.25, 0.3) is 5.91 Å². The van der Waals surface area contributed by atoms with E-state index in [2.05, 4.69) is 41.3 Å². The average Bonchev–Trinajstić information content (AvgIpc) is 3.17. The molecule has 3 rings (SSSR count). The second-order valence-corrected chi connectivity index (χ2v) is 8.63. The van der Waals surface area contributed by atoms with E-state index in [0.717, 1.165) is 38.9 Å². The Morgan fingerprint density at radius 3 is 2.71 bits per heavy atom. The number of nitrogens with zero attached hydrogens (tertiary/aromatic N) is 4. The van der Waals surface area contributed by atoms with Gasteiger partial charge in [0, 0.05) is 19.1 Å². The van der Waals surface area contributed by atoms with Crippen molar-refractivity contribution in [3.63, 3.8) is 0 Å². The maximum Gasteiger partial charge on any atom is 0.273 e. The van der Waals surface area contributed by atoms with Crippen molar-refractivity contribution in [1.29, 1.82) is 0 Å². The number of aromatic nitrogens is 3. The molecule has 2 heterocycles. The van der Waals surface area contributed by atoms with Crippen LogP contribution in [0.2, 0.25) is 0 Å². The zero-order chi connectivity index (χ0) is 17.2. The average molecular weight is 333 g/mol. The number of nitrogens with one attached hydrogen (secondary N) is 1. The zero-order valence-electron chi connectivity index (χ0n) is 15.3. The van der Waals surface area contributed by atoms with Gasteiger partial charge in [-0.2, -0.15) is 0 Å². The summed E-state index contributed by atoms with van der Waals surface area (Å²) in [7, 11) is 0. The third-order valence-corrected chi connectivity index (χ3v) is 4.99. The number of amides is 1. The Morgan fingerprint density at radius 1 is 1.25 bits per heavy atom. The first-order valence-corrected chi connectivity index (χ1v) is 9.36. The number of carbonyl (C=O) groups is 1. The molecule has 1 atom stereocenters. The lowest BCUT2D eigenvalue weighted by molar-refractivity contribution is 0.0932. The van der Waals surface area contributed by atoms with Crippen molar-refractivity contribution in [2.75, 3.05) is 19.6 Å². The largest absolute Gasteiger partial charge is 0.348 e. The third kappa shape index (κ3) is 4.56. The van der Waals surface area contributed by atoms with Gasteiger partial charge in [0.15, 0.2) is 5.69 Å². The molecule has 24 heavy (non-hydrogen) atoms. The molecule has 1 aliphatic carbocycles. The fourth-order valence-electron chi connectivity index (χ4n) is 3.95. The second-order valence-electron chi connectivity index (χ2n) is 8.63. The molecule has 1 amide bonds. The highest BCUT2D eigenvalue weighted by Crippen LogP contribution is 2.24. The number of rotatable bonds is 4. The van der Waals surface area contributed by atoms with Crippen LogP contribution < -0.4 is 5.32 Å². The van der Waals surface area contributed by atoms with E-state index in [1.165, 1.54) is 19.3 Å². The van der Waals surface area contributed by atoms with Crippen LogP contribution >= 0.6 is 0 Å². The highest BCUT2D eigenvalue weighted by atomic mass is 16.2. The van der Waals surface area contributed by atoms with Gasteiger partial charge < -0.3 is 10.2 Å². The normalized spacial score (nSPS) is 23.5. The minimum absolute atomic E-state index is 0.0736. The molecular weight excluding hydrogens is 302 g/mol. The van der Waals surface area contributed by atoms with Gasteiger partial charge in [-0.25, -0.2) is 4.68 Å². The summed E-state index contributed by atoms with van der Waals surface area (Å²) in [6.45, 7) is 10.1. The van der Waals surface area contributed by atoms with Crippen molar-refractivity contribution < 1.29 is 4.79 Å². The molecule has 1 aromatic rings. The lowest BCUT2D eigenvalue weighted by Gasteiger charge is -2.36. The molecule has 134 valence electrons. The molecule has 2 fully saturated rings. The Morgan fingerprint density at radius 2 is 2.00 bits per heavy atom. The van der Waals surface area contributed by atoms with Crippen molar-refractivity contribution in [2.24, 2.45) is 5.41 Å². The first kappa shape index (κ1) is 17.4. The highest BCUT2D eigenvalue weighted by molar-refractivity contribution is 5.92. The number of hydrogen-bond acceptors (Lipinski definition) is 4. The predicted octanol–water partition coefficient (Wildman–Crippen LogP) is 2.63. The molecule has 0 aromatic carbocycles. The smallest absolute Gasteiger partial charge is 0.273 e. The molecule has 6 nitrogen and oxygen atoms in total. The van der Waals surface area contributed by atoms with Gasteiger partial charge in [0.1, 0.15) is 0 Å². The second kappa shape index (κ2) is 7.21. The maximum absolute atomic E-state index is 12.3. The lowest BCUT2D eigenvalue weighted by Crippen LogP contribution is -2.41. The fraction of sp³-hybridized carbons (Fsp3) is 0.833. The summed E-state index contributed by atoms with van der Waals surface area (Å²) in [4.78, 5) is 14.8. The third-order valence-electron chi connectivity index (χ3n) is 4.99. The zero-order valence-corrected chi connectivity index (χ0v) is 15.3. The fourth-order valence-corrected chi connectivity index (χ4v) is 3.95. The SMILES string of the molecule is CC(C)(C)CN1CCC[C@H](n2cc(C(=O)NC3CCCC3)nn2)C1. The summed E-state index contributed by atoms with van der Waals surface area (Å²) in [5.74, 6) is -0.0736. The molecular formula is C18H31N5O. The Kier molecular flexibility index (Phi) is 5.23. The molecule has 0 bridgehead atoms. The quantitative estimate of drug-likeness (QED) is 0.920. The van der Waals surface area contributed by atoms with Crippen molar-refractivity contribution in [3.8, 4) is 0 Å². The summed E-state index contributed by atoms with van der Waals surface area (Å²) in [6.07, 6.45) is 8.70. The Labute approximate surface area is 145 Å². The van der Waals surface area contributed by atoms with E-state index in [9.17, 15) is 4.79 Å². The number of carbonyl (C=O) groups excluding carboxylic acids is 1. The van der Waals surface area contributed by atoms with Gasteiger partial charge in [-0.3, -0.25) is 4.79 Å². The standard InChI is InChI=1S/C18H31N5O/c1-18(2,3)13-22-10-6-9-15(11-22)23-12-16(20-21-23)17(24)19-14-7-4-5-8-14/h12,14-15H,4-11,13H2,1-3H3,(H,19,24)/t15-/m0/s1. The molecule has 1 aliphatic heterocycles. The van der Waals surface area contributed by atoms with E-state index in [-0.39, 0.29) is 5.91 Å². The van der Waals surface area contributed by atoms with Gasteiger partial charge in [-0.05, 0) is 37.6 Å². The van der Waals surface area contributed by atoms with Gasteiger partial charge in [0.2, 0.25) is 0 Å². The highest BCUT2D eigenvalue weighted by Gasteiger charge is 2.26. The van der Waals surface area contributed by atoms with Crippen molar-refractivity contribution in [2.45, 2.75) is 71.4 Å². The molecule has 1 N–H and O–H groups in total. The van der Waals surface area contributed by atoms with Crippen molar-refractivity contribution in [1.82, 2.24) is 25.2 Å². The van der Waals surface area contributed by atoms with Crippen LogP contribution in [0.25, 0.3) is 0 Å². The summed E-state index contributed by atoms with van der Waals surface area (Å²) in [5.41, 5.74) is 0.756. The van der Waals surface area contributed by atoms with E-state index in [4.69, 9.17) is 0 Å². The van der Waals surface area contributed by atoms with Crippen molar-refractivity contribution >= 4 is 5.91 Å². The van der Waals surface area contributed by atoms with Crippen LogP contribution in [0.3, 0.4) is 0 Å². The molecule has 1 saturated heterocycles. The molecule has 6 heteroatoms. The van der Waals surface area contributed by atoms with Crippen LogP contribution in [-0.4, -0.2) is 51.5 Å². The van der Waals surface area contributed by atoms with Crippen LogP contribution in [0.1, 0.15) is 75.8 Å². The number of likely N-dealkylation sites (tertiary alicyclic amines) is 1. The monoisotopic (exact) mass is 333 g/mol. The molecule has 1 aromatic heterocycles. The number of piperidine rings is 1. The summed E-state index contributed by atoms with van der Waals surface area (Å²) in [6, 6.07) is 0.640. The van der Waals surface area contributed by atoms with Crippen LogP contribution in [0, 0.1) is 5.41 Å². The molecule has 0 unspecified atom stereocenters. The van der Waals surface area contributed by atoms with E-state index in [1.807, 2.05) is 10.9 Å². The first-order valence-electron chi connectivity index (χ1n) is 9.36. The molecule has 2 aliphatic rings. The van der Waals surface area contributed by atoms with Gasteiger partial charge >= 0.3 is 0 Å². The Bertz CT molecular complexity index is 556. The summed E-state index contributed by atoms with van der Waals surface area (Å²) < 4.78 is 1.90. The Balaban J connectivity index is 1.58. The first-order chi connectivity index (χ1) is 11.4. The molecule has 1 saturated carbocycles. The maximum atomic E-state index is 12.3. The van der Waals surface area contributed by atoms with Crippen molar-refractivity contribution in [3.05, 3.63) is 11.9 Å². The topological polar surface area (TPSA) is 63.1 Å². The van der Waals surface area contributed by atoms with Crippen LogP contribution in [0.5, 0.6) is 0 Å². The van der Waals surface area contributed by atoms with E-state index in [0.29, 0.717) is 23.2 Å². The predicted molar refractivity (Wildman–Crippen MR) is 93.9 cm³/mol. The van der Waals surface area contributed by atoms with Crippen LogP contribution in [0.4, 0.5) is 0 Å². The molecule has 0 radical (unpaired) electrons.